The Kier molecular flexibility index (Phi) is 27.9. The summed E-state index contributed by atoms with van der Waals surface area (Å²) < 4.78 is 0. The van der Waals surface area contributed by atoms with Crippen molar-refractivity contribution in [3.05, 3.63) is 0 Å². The molecule has 0 aromatic rings. The Morgan fingerprint density at radius 2 is 0.444 bits per heavy atom. The van der Waals surface area contributed by atoms with Gasteiger partial charge in [-0.3, -0.25) is 0 Å². The van der Waals surface area contributed by atoms with Crippen molar-refractivity contribution >= 4 is 0 Å². The maximum Gasteiger partial charge on any atom is -0.0344 e. The van der Waals surface area contributed by atoms with Crippen LogP contribution in [-0.2, 0) is 0 Å². The first-order valence-corrected chi connectivity index (χ1v) is 21.2. The highest BCUT2D eigenvalue weighted by molar-refractivity contribution is 4.92. The number of rotatable bonds is 0. The van der Waals surface area contributed by atoms with E-state index in [1.165, 1.54) is 193 Å². The first kappa shape index (κ1) is 45.0. The van der Waals surface area contributed by atoms with E-state index in [4.69, 9.17) is 0 Å². The van der Waals surface area contributed by atoms with Crippen molar-refractivity contribution in [2.75, 3.05) is 0 Å². The molecule has 0 heteroatoms. The lowest BCUT2D eigenvalue weighted by Crippen LogP contribution is -2.38. The smallest absolute Gasteiger partial charge is 0.0344 e. The van der Waals surface area contributed by atoms with Crippen LogP contribution in [0.5, 0.6) is 0 Å². The normalized spacial score (nSPS) is 26.8. The van der Waals surface area contributed by atoms with Gasteiger partial charge >= 0.3 is 0 Å². The van der Waals surface area contributed by atoms with Gasteiger partial charge in [0.15, 0.2) is 0 Å². The fraction of sp³-hybridized carbons (Fsp3) is 1.00. The molecule has 0 radical (unpaired) electrons. The Morgan fingerprint density at radius 1 is 0.311 bits per heavy atom. The largest absolute Gasteiger partial charge is 0.0623 e. The van der Waals surface area contributed by atoms with Gasteiger partial charge in [-0.2, -0.15) is 0 Å². The molecule has 0 aromatic heterocycles. The quantitative estimate of drug-likeness (QED) is 0.249. The number of hydrogen-bond acceptors (Lipinski definition) is 0. The van der Waals surface area contributed by atoms with Crippen molar-refractivity contribution in [2.24, 2.45) is 28.1 Å². The summed E-state index contributed by atoms with van der Waals surface area (Å²) in [6.45, 7) is 22.8. The third kappa shape index (κ3) is 35.1. The summed E-state index contributed by atoms with van der Waals surface area (Å²) >= 11 is 0. The molecular weight excluding hydrogens is 540 g/mol. The van der Waals surface area contributed by atoms with E-state index in [-0.39, 0.29) is 0 Å². The van der Waals surface area contributed by atoms with Crippen LogP contribution in [0.2, 0.25) is 0 Å². The monoisotopic (exact) mass is 633 g/mol. The second-order valence-electron chi connectivity index (χ2n) is 19.4. The van der Waals surface area contributed by atoms with Gasteiger partial charge in [-0.05, 0) is 40.9 Å². The average Bonchev–Trinajstić information content (AvgIpc) is 3.82. The van der Waals surface area contributed by atoms with E-state index in [0.29, 0.717) is 16.2 Å². The van der Waals surface area contributed by atoms with Crippen LogP contribution >= 0.6 is 0 Å². The molecule has 7 rings (SSSR count). The fourth-order valence-electron chi connectivity index (χ4n) is 8.29. The molecule has 2 atom stereocenters. The highest BCUT2D eigenvalue weighted by Crippen LogP contribution is 2.53. The van der Waals surface area contributed by atoms with E-state index in [1.54, 1.807) is 0 Å². The molecule has 0 spiro atoms. The number of hydrogen-bond donors (Lipinski definition) is 0. The van der Waals surface area contributed by atoms with E-state index in [2.05, 4.69) is 69.2 Å². The van der Waals surface area contributed by atoms with Crippen LogP contribution < -0.4 is 0 Å². The van der Waals surface area contributed by atoms with Gasteiger partial charge in [-0.1, -0.05) is 249 Å². The molecule has 0 bridgehead atoms. The standard InChI is InChI=1S/C8H16.C7H14.5C5H10.C5H12/c1-7(2)5-8(3,4)6-7;1-6-4-3-5-7(6)2;5*1-2-4-5-3-1;1-5(2,3)4/h5-6H2,1-4H3;6-7H,3-5H2,1-2H3;5*1-5H2;1-4H3. The van der Waals surface area contributed by atoms with Gasteiger partial charge in [-0.25, -0.2) is 0 Å². The van der Waals surface area contributed by atoms with Crippen molar-refractivity contribution in [3.63, 3.8) is 0 Å². The van der Waals surface area contributed by atoms with Crippen LogP contribution in [0.25, 0.3) is 0 Å². The van der Waals surface area contributed by atoms with Gasteiger partial charge in [0.25, 0.3) is 0 Å². The lowest BCUT2D eigenvalue weighted by Gasteiger charge is -2.49. The molecule has 272 valence electrons. The van der Waals surface area contributed by atoms with Crippen molar-refractivity contribution in [1.29, 1.82) is 0 Å². The predicted molar refractivity (Wildman–Crippen MR) is 210 cm³/mol. The van der Waals surface area contributed by atoms with Crippen molar-refractivity contribution in [1.82, 2.24) is 0 Å². The second kappa shape index (κ2) is 27.9. The molecule has 0 heterocycles. The summed E-state index contributed by atoms with van der Waals surface area (Å²) in [7, 11) is 0. The van der Waals surface area contributed by atoms with Gasteiger partial charge < -0.3 is 0 Å². The molecule has 0 saturated heterocycles. The van der Waals surface area contributed by atoms with E-state index in [1.807, 2.05) is 0 Å². The minimum atomic E-state index is 0.500. The van der Waals surface area contributed by atoms with E-state index < -0.39 is 0 Å². The molecule has 0 aliphatic heterocycles. The van der Waals surface area contributed by atoms with Crippen LogP contribution in [-0.4, -0.2) is 0 Å². The molecule has 0 N–H and O–H groups in total. The average molecular weight is 633 g/mol. The summed E-state index contributed by atoms with van der Waals surface area (Å²) in [5.74, 6) is 2.03. The van der Waals surface area contributed by atoms with Gasteiger partial charge in [0.1, 0.15) is 0 Å². The summed E-state index contributed by atoms with van der Waals surface area (Å²) in [6, 6.07) is 0. The molecule has 45 heavy (non-hydrogen) atoms. The second-order valence-corrected chi connectivity index (χ2v) is 19.4. The van der Waals surface area contributed by atoms with E-state index in [9.17, 15) is 0 Å². The molecule has 0 aromatic carbocycles. The van der Waals surface area contributed by atoms with Crippen LogP contribution in [0.1, 0.15) is 262 Å². The maximum absolute atomic E-state index is 2.36. The summed E-state index contributed by atoms with van der Waals surface area (Å²) in [5.41, 5.74) is 1.81. The Labute approximate surface area is 289 Å². The topological polar surface area (TPSA) is 0 Å². The van der Waals surface area contributed by atoms with Crippen LogP contribution in [0.3, 0.4) is 0 Å². The minimum absolute atomic E-state index is 0.500. The molecule has 7 fully saturated rings. The molecule has 2 unspecified atom stereocenters. The first-order valence-electron chi connectivity index (χ1n) is 21.2. The maximum atomic E-state index is 2.36. The Balaban J connectivity index is 0.000000495. The van der Waals surface area contributed by atoms with E-state index >= 15 is 0 Å². The summed E-state index contributed by atoms with van der Waals surface area (Å²) in [4.78, 5) is 0. The van der Waals surface area contributed by atoms with Crippen molar-refractivity contribution < 1.29 is 0 Å². The molecule has 7 saturated carbocycles. The Morgan fingerprint density at radius 3 is 0.489 bits per heavy atom. The Hall–Kier alpha value is 0. The molecule has 0 nitrogen and oxygen atoms in total. The highest BCUT2D eigenvalue weighted by atomic mass is 14.5. The third-order valence-electron chi connectivity index (χ3n) is 10.5. The molecule has 7 aliphatic rings. The van der Waals surface area contributed by atoms with Crippen LogP contribution in [0.4, 0.5) is 0 Å². The lowest BCUT2D eigenvalue weighted by atomic mass is 9.56. The van der Waals surface area contributed by atoms with Crippen molar-refractivity contribution in [2.45, 2.75) is 262 Å². The summed E-state index contributed by atoms with van der Waals surface area (Å²) in [5, 5.41) is 0. The predicted octanol–water partition coefficient (Wildman–Crippen LogP) is 17.1. The molecular formula is C45H92. The van der Waals surface area contributed by atoms with Crippen LogP contribution in [0.15, 0.2) is 0 Å². The zero-order valence-electron chi connectivity index (χ0n) is 33.9. The third-order valence-corrected chi connectivity index (χ3v) is 10.5. The van der Waals surface area contributed by atoms with Crippen LogP contribution in [0, 0.1) is 28.1 Å². The SMILES string of the molecule is C1CCCC1.C1CCCC1.C1CCCC1.C1CCCC1.C1CCCC1.CC(C)(C)C.CC1(C)CC(C)(C)C1.CC1CCCC1C. The zero-order chi connectivity index (χ0) is 33.9. The Bertz CT molecular complexity index is 452. The zero-order valence-corrected chi connectivity index (χ0v) is 33.9. The molecule has 0 amide bonds. The summed E-state index contributed by atoms with van der Waals surface area (Å²) in [6.07, 6.45) is 44.7. The van der Waals surface area contributed by atoms with E-state index in [0.717, 1.165) is 11.8 Å². The first-order chi connectivity index (χ1) is 21.2. The highest BCUT2D eigenvalue weighted by Gasteiger charge is 2.41. The van der Waals surface area contributed by atoms with Crippen molar-refractivity contribution in [3.8, 4) is 0 Å². The van der Waals surface area contributed by atoms with Gasteiger partial charge in [0, 0.05) is 0 Å². The van der Waals surface area contributed by atoms with Gasteiger partial charge in [0.05, 0.1) is 0 Å². The van der Waals surface area contributed by atoms with Gasteiger partial charge in [0.2, 0.25) is 0 Å². The van der Waals surface area contributed by atoms with Gasteiger partial charge in [-0.15, -0.1) is 0 Å². The minimum Gasteiger partial charge on any atom is -0.0623 e. The lowest BCUT2D eigenvalue weighted by molar-refractivity contribution is 0.0201. The molecule has 7 aliphatic carbocycles. The fourth-order valence-corrected chi connectivity index (χ4v) is 8.29.